The SMILES string of the molecule is N#Cc1ccccc1NC(=O)C(=O)NCC1(N2CCSCC2)CCOCC1. The lowest BCUT2D eigenvalue weighted by Gasteiger charge is -2.47. The first kappa shape index (κ1) is 19.7. The van der Waals surface area contributed by atoms with Gasteiger partial charge in [0.15, 0.2) is 0 Å². The van der Waals surface area contributed by atoms with Crippen molar-refractivity contribution in [3.63, 3.8) is 0 Å². The average molecular weight is 388 g/mol. The van der Waals surface area contributed by atoms with Crippen LogP contribution in [0.25, 0.3) is 0 Å². The normalized spacial score (nSPS) is 19.7. The number of nitrogens with one attached hydrogen (secondary N) is 2. The van der Waals surface area contributed by atoms with Crippen molar-refractivity contribution in [2.24, 2.45) is 0 Å². The number of nitriles is 1. The summed E-state index contributed by atoms with van der Waals surface area (Å²) in [5.41, 5.74) is 0.513. The summed E-state index contributed by atoms with van der Waals surface area (Å²) in [6, 6.07) is 8.62. The molecule has 2 aliphatic heterocycles. The van der Waals surface area contributed by atoms with E-state index in [2.05, 4.69) is 15.5 Å². The molecule has 3 rings (SSSR count). The number of rotatable bonds is 4. The molecule has 0 saturated carbocycles. The van der Waals surface area contributed by atoms with Crippen LogP contribution in [0.1, 0.15) is 18.4 Å². The van der Waals surface area contributed by atoms with Crippen molar-refractivity contribution in [1.82, 2.24) is 10.2 Å². The highest BCUT2D eigenvalue weighted by Crippen LogP contribution is 2.30. The Labute approximate surface area is 163 Å². The van der Waals surface area contributed by atoms with Gasteiger partial charge in [-0.3, -0.25) is 14.5 Å². The van der Waals surface area contributed by atoms with Crippen LogP contribution >= 0.6 is 11.8 Å². The van der Waals surface area contributed by atoms with Crippen LogP contribution in [0.3, 0.4) is 0 Å². The second kappa shape index (κ2) is 9.22. The first-order valence-electron chi connectivity index (χ1n) is 9.13. The predicted octanol–water partition coefficient (Wildman–Crippen LogP) is 1.21. The number of benzene rings is 1. The van der Waals surface area contributed by atoms with Crippen molar-refractivity contribution in [2.75, 3.05) is 49.7 Å². The molecule has 1 aromatic rings. The highest BCUT2D eigenvalue weighted by Gasteiger charge is 2.39. The Morgan fingerprint density at radius 3 is 2.59 bits per heavy atom. The summed E-state index contributed by atoms with van der Waals surface area (Å²) in [4.78, 5) is 27.1. The molecule has 8 heteroatoms. The number of carbonyl (C=O) groups excluding carboxylic acids is 2. The standard InChI is InChI=1S/C19H24N4O3S/c20-13-15-3-1-2-4-16(15)22-18(25)17(24)21-14-19(5-9-26-10-6-19)23-7-11-27-12-8-23/h1-4H,5-12,14H2,(H,21,24)(H,22,25). The summed E-state index contributed by atoms with van der Waals surface area (Å²) in [7, 11) is 0. The molecule has 0 aliphatic carbocycles. The molecule has 2 N–H and O–H groups in total. The number of ether oxygens (including phenoxy) is 1. The van der Waals surface area contributed by atoms with Crippen LogP contribution in [0.4, 0.5) is 5.69 Å². The zero-order valence-electron chi connectivity index (χ0n) is 15.2. The topological polar surface area (TPSA) is 94.5 Å². The summed E-state index contributed by atoms with van der Waals surface area (Å²) in [5, 5.41) is 14.4. The molecule has 2 saturated heterocycles. The van der Waals surface area contributed by atoms with E-state index in [0.717, 1.165) is 37.4 Å². The Morgan fingerprint density at radius 2 is 1.89 bits per heavy atom. The van der Waals surface area contributed by atoms with Crippen molar-refractivity contribution < 1.29 is 14.3 Å². The highest BCUT2D eigenvalue weighted by atomic mass is 32.2. The van der Waals surface area contributed by atoms with Gasteiger partial charge < -0.3 is 15.4 Å². The molecule has 2 aliphatic rings. The lowest BCUT2D eigenvalue weighted by Crippen LogP contribution is -2.61. The lowest BCUT2D eigenvalue weighted by atomic mass is 9.87. The van der Waals surface area contributed by atoms with Crippen molar-refractivity contribution in [2.45, 2.75) is 18.4 Å². The van der Waals surface area contributed by atoms with Crippen LogP contribution in [0.5, 0.6) is 0 Å². The van der Waals surface area contributed by atoms with Gasteiger partial charge in [0.1, 0.15) is 6.07 Å². The van der Waals surface area contributed by atoms with Crippen molar-refractivity contribution in [3.05, 3.63) is 29.8 Å². The molecule has 2 heterocycles. The maximum atomic E-state index is 12.4. The summed E-state index contributed by atoms with van der Waals surface area (Å²) in [6.45, 7) is 3.74. The summed E-state index contributed by atoms with van der Waals surface area (Å²) >= 11 is 1.94. The number of amides is 2. The Hall–Kier alpha value is -2.08. The van der Waals surface area contributed by atoms with Crippen LogP contribution in [-0.4, -0.2) is 66.6 Å². The van der Waals surface area contributed by atoms with Gasteiger partial charge in [0.25, 0.3) is 0 Å². The lowest BCUT2D eigenvalue weighted by molar-refractivity contribution is -0.136. The van der Waals surface area contributed by atoms with Gasteiger partial charge in [-0.15, -0.1) is 0 Å². The largest absolute Gasteiger partial charge is 0.381 e. The van der Waals surface area contributed by atoms with E-state index in [-0.39, 0.29) is 5.54 Å². The average Bonchev–Trinajstić information content (AvgIpc) is 2.73. The fourth-order valence-electron chi connectivity index (χ4n) is 3.59. The number of hydrogen-bond acceptors (Lipinski definition) is 6. The highest BCUT2D eigenvalue weighted by molar-refractivity contribution is 7.99. The van der Waals surface area contributed by atoms with E-state index in [1.165, 1.54) is 0 Å². The number of hydrogen-bond donors (Lipinski definition) is 2. The predicted molar refractivity (Wildman–Crippen MR) is 104 cm³/mol. The third-order valence-corrected chi connectivity index (χ3v) is 6.13. The third kappa shape index (κ3) is 4.80. The molecule has 1 aromatic carbocycles. The van der Waals surface area contributed by atoms with Crippen molar-refractivity contribution >= 4 is 29.3 Å². The van der Waals surface area contributed by atoms with Crippen LogP contribution in [0.15, 0.2) is 24.3 Å². The molecule has 0 unspecified atom stereocenters. The Bertz CT molecular complexity index is 722. The maximum Gasteiger partial charge on any atom is 0.313 e. The van der Waals surface area contributed by atoms with Crippen LogP contribution in [0, 0.1) is 11.3 Å². The van der Waals surface area contributed by atoms with Gasteiger partial charge in [0.2, 0.25) is 0 Å². The smallest absolute Gasteiger partial charge is 0.313 e. The van der Waals surface area contributed by atoms with Crippen molar-refractivity contribution in [3.8, 4) is 6.07 Å². The van der Waals surface area contributed by atoms with Gasteiger partial charge in [0, 0.05) is 49.9 Å². The van der Waals surface area contributed by atoms with Crippen molar-refractivity contribution in [1.29, 1.82) is 5.26 Å². The van der Waals surface area contributed by atoms with E-state index < -0.39 is 11.8 Å². The molecule has 0 atom stereocenters. The zero-order chi connectivity index (χ0) is 19.1. The monoisotopic (exact) mass is 388 g/mol. The number of carbonyl (C=O) groups is 2. The van der Waals surface area contributed by atoms with E-state index >= 15 is 0 Å². The zero-order valence-corrected chi connectivity index (χ0v) is 16.0. The number of nitrogens with zero attached hydrogens (tertiary/aromatic N) is 2. The Morgan fingerprint density at radius 1 is 1.19 bits per heavy atom. The molecule has 0 aromatic heterocycles. The molecule has 7 nitrogen and oxygen atoms in total. The molecular formula is C19H24N4O3S. The van der Waals surface area contributed by atoms with Crippen LogP contribution in [0.2, 0.25) is 0 Å². The van der Waals surface area contributed by atoms with Gasteiger partial charge in [-0.1, -0.05) is 12.1 Å². The molecular weight excluding hydrogens is 364 g/mol. The summed E-state index contributed by atoms with van der Waals surface area (Å²) < 4.78 is 5.52. The number of anilines is 1. The van der Waals surface area contributed by atoms with E-state index in [1.54, 1.807) is 24.3 Å². The van der Waals surface area contributed by atoms with Gasteiger partial charge in [-0.25, -0.2) is 0 Å². The Kier molecular flexibility index (Phi) is 6.72. The molecule has 2 amide bonds. The summed E-state index contributed by atoms with van der Waals surface area (Å²) in [6.07, 6.45) is 1.69. The summed E-state index contributed by atoms with van der Waals surface area (Å²) in [5.74, 6) is 0.735. The second-order valence-electron chi connectivity index (χ2n) is 6.73. The van der Waals surface area contributed by atoms with E-state index in [1.807, 2.05) is 17.8 Å². The molecule has 2 fully saturated rings. The molecule has 27 heavy (non-hydrogen) atoms. The fraction of sp³-hybridized carbons (Fsp3) is 0.526. The first-order valence-corrected chi connectivity index (χ1v) is 10.3. The van der Waals surface area contributed by atoms with E-state index in [0.29, 0.717) is 31.0 Å². The number of thioether (sulfide) groups is 1. The Balaban J connectivity index is 1.61. The van der Waals surface area contributed by atoms with Gasteiger partial charge in [0.05, 0.1) is 11.3 Å². The molecule has 144 valence electrons. The van der Waals surface area contributed by atoms with E-state index in [9.17, 15) is 9.59 Å². The van der Waals surface area contributed by atoms with E-state index in [4.69, 9.17) is 10.00 Å². The fourth-order valence-corrected chi connectivity index (χ4v) is 4.49. The van der Waals surface area contributed by atoms with Crippen LogP contribution in [-0.2, 0) is 14.3 Å². The first-order chi connectivity index (χ1) is 13.1. The second-order valence-corrected chi connectivity index (χ2v) is 7.96. The quantitative estimate of drug-likeness (QED) is 0.753. The maximum absolute atomic E-state index is 12.4. The minimum absolute atomic E-state index is 0.153. The minimum atomic E-state index is -0.755. The van der Waals surface area contributed by atoms with Gasteiger partial charge in [-0.05, 0) is 25.0 Å². The number of para-hydroxylation sites is 1. The van der Waals surface area contributed by atoms with Gasteiger partial charge >= 0.3 is 11.8 Å². The third-order valence-electron chi connectivity index (χ3n) is 5.19. The minimum Gasteiger partial charge on any atom is -0.381 e. The molecule has 0 radical (unpaired) electrons. The van der Waals surface area contributed by atoms with Crippen LogP contribution < -0.4 is 10.6 Å². The molecule has 0 bridgehead atoms. The van der Waals surface area contributed by atoms with Gasteiger partial charge in [-0.2, -0.15) is 17.0 Å². The molecule has 0 spiro atoms.